The summed E-state index contributed by atoms with van der Waals surface area (Å²) in [6.45, 7) is 3.50. The van der Waals surface area contributed by atoms with E-state index in [-0.39, 0.29) is 17.1 Å². The zero-order valence-corrected chi connectivity index (χ0v) is 8.05. The average Bonchev–Trinajstić information content (AvgIpc) is 2.11. The predicted octanol–water partition coefficient (Wildman–Crippen LogP) is 2.73. The largest absolute Gasteiger partial charge is 0.444 e. The van der Waals surface area contributed by atoms with Gasteiger partial charge in [-0.3, -0.25) is 0 Å². The maximum Gasteiger partial charge on any atom is 0.0462 e. The molecule has 0 spiro atoms. The Kier molecular flexibility index (Phi) is 23.5. The zero-order valence-electron chi connectivity index (χ0n) is 6.35. The Bertz CT molecular complexity index is 218. The van der Waals surface area contributed by atoms with Crippen molar-refractivity contribution in [3.63, 3.8) is 0 Å². The average molecular weight is 249 g/mol. The smallest absolute Gasteiger partial charge is 0.0462 e. The molecule has 0 saturated heterocycles. The van der Waals surface area contributed by atoms with Gasteiger partial charge in [-0.1, -0.05) is 29.8 Å². The second-order valence-electron chi connectivity index (χ2n) is 1.37. The summed E-state index contributed by atoms with van der Waals surface area (Å²) in [6.07, 6.45) is 0. The van der Waals surface area contributed by atoms with Crippen LogP contribution in [0.4, 0.5) is 0 Å². The van der Waals surface area contributed by atoms with Gasteiger partial charge in [0.25, 0.3) is 0 Å². The Morgan fingerprint density at radius 2 is 1.62 bits per heavy atom. The Balaban J connectivity index is -0.000000146. The fraction of sp³-hybridized carbons (Fsp3) is 0. The first-order valence-corrected chi connectivity index (χ1v) is 3.10. The van der Waals surface area contributed by atoms with Crippen LogP contribution in [0.25, 0.3) is 0 Å². The van der Waals surface area contributed by atoms with Crippen molar-refractivity contribution in [2.45, 2.75) is 0 Å². The van der Waals surface area contributed by atoms with E-state index in [4.69, 9.17) is 27.0 Å². The number of nitrogens with zero attached hydrogens (tertiary/aromatic N) is 2. The van der Waals surface area contributed by atoms with Crippen molar-refractivity contribution < 1.29 is 17.1 Å². The topological polar surface area (TPSA) is 76.3 Å². The van der Waals surface area contributed by atoms with E-state index in [2.05, 4.69) is 6.57 Å². The summed E-state index contributed by atoms with van der Waals surface area (Å²) in [5.41, 5.74) is 0. The number of hydrogen-bond acceptors (Lipinski definition) is 4. The number of halogens is 1. The van der Waals surface area contributed by atoms with Gasteiger partial charge in [0.05, 0.1) is 0 Å². The Hall–Kier alpha value is -1.08. The Labute approximate surface area is 91.5 Å². The first kappa shape index (κ1) is 17.9. The van der Waals surface area contributed by atoms with Crippen LogP contribution >= 0.6 is 11.6 Å². The number of nitriles is 1. The molecule has 0 N–H and O–H groups in total. The SMILES string of the molecule is C#N.Clc1ccccc1.O=N[O-].[Cu]. The third-order valence-corrected chi connectivity index (χ3v) is 0.985. The van der Waals surface area contributed by atoms with E-state index in [1.165, 1.54) is 0 Å². The Morgan fingerprint density at radius 3 is 1.77 bits per heavy atom. The summed E-state index contributed by atoms with van der Waals surface area (Å²) < 4.78 is 0. The number of rotatable bonds is 0. The summed E-state index contributed by atoms with van der Waals surface area (Å²) in [7, 11) is 0. The summed E-state index contributed by atoms with van der Waals surface area (Å²) in [5, 5.41) is 16.3. The molecule has 0 bridgehead atoms. The minimum absolute atomic E-state index is 0. The first-order chi connectivity index (χ1) is 5.81. The molecule has 0 unspecified atom stereocenters. The van der Waals surface area contributed by atoms with E-state index in [0.29, 0.717) is 0 Å². The normalized spacial score (nSPS) is 5.77. The number of hydrogen-bond donors (Lipinski definition) is 0. The van der Waals surface area contributed by atoms with Crippen LogP contribution in [0.5, 0.6) is 0 Å². The molecule has 4 nitrogen and oxygen atoms in total. The van der Waals surface area contributed by atoms with E-state index in [1.807, 2.05) is 30.3 Å². The van der Waals surface area contributed by atoms with Crippen LogP contribution in [-0.4, -0.2) is 0 Å². The van der Waals surface area contributed by atoms with Crippen molar-refractivity contribution in [1.29, 1.82) is 5.26 Å². The fourth-order valence-electron chi connectivity index (χ4n) is 0.415. The molecule has 75 valence electrons. The molecule has 0 aliphatic rings. The molecule has 0 aliphatic heterocycles. The van der Waals surface area contributed by atoms with E-state index in [9.17, 15) is 0 Å². The molecule has 0 amide bonds. The molecule has 6 heteroatoms. The van der Waals surface area contributed by atoms with Crippen LogP contribution < -0.4 is 0 Å². The molecular weight excluding hydrogens is 243 g/mol. The van der Waals surface area contributed by atoms with Crippen molar-refractivity contribution in [3.8, 4) is 6.57 Å². The molecule has 1 rings (SSSR count). The summed E-state index contributed by atoms with van der Waals surface area (Å²) in [4.78, 5) is 8.00. The van der Waals surface area contributed by atoms with Gasteiger partial charge in [0.2, 0.25) is 0 Å². The molecule has 1 aromatic rings. The molecule has 1 aromatic carbocycles. The Morgan fingerprint density at radius 1 is 1.31 bits per heavy atom. The molecule has 13 heavy (non-hydrogen) atoms. The van der Waals surface area contributed by atoms with E-state index in [1.54, 1.807) is 0 Å². The van der Waals surface area contributed by atoms with Crippen LogP contribution in [0.3, 0.4) is 0 Å². The van der Waals surface area contributed by atoms with Gasteiger partial charge >= 0.3 is 0 Å². The van der Waals surface area contributed by atoms with Gasteiger partial charge in [-0.05, 0) is 12.1 Å². The standard InChI is InChI=1S/C6H5Cl.CHN.Cu.HNO2/c7-6-4-2-1-3-5-6;1-2;;2-1-3/h1-5H;1H;;(H,2,3)/p-1. The van der Waals surface area contributed by atoms with Crippen molar-refractivity contribution in [3.05, 3.63) is 45.5 Å². The number of benzene rings is 1. The second-order valence-corrected chi connectivity index (χ2v) is 1.81. The molecular formula is C7H6ClCuN2O2-. The van der Waals surface area contributed by atoms with Crippen molar-refractivity contribution >= 4 is 11.6 Å². The van der Waals surface area contributed by atoms with Crippen LogP contribution in [0, 0.1) is 21.9 Å². The molecule has 0 heterocycles. The van der Waals surface area contributed by atoms with Gasteiger partial charge in [-0.25, -0.2) is 5.26 Å². The van der Waals surface area contributed by atoms with Crippen LogP contribution in [-0.2, 0) is 17.1 Å². The van der Waals surface area contributed by atoms with E-state index < -0.39 is 0 Å². The molecule has 0 aliphatic carbocycles. The van der Waals surface area contributed by atoms with E-state index >= 15 is 0 Å². The molecule has 1 radical (unpaired) electrons. The van der Waals surface area contributed by atoms with Gasteiger partial charge in [-0.2, -0.15) is 0 Å². The van der Waals surface area contributed by atoms with Crippen LogP contribution in [0.15, 0.2) is 35.7 Å². The first-order valence-electron chi connectivity index (χ1n) is 2.72. The fourth-order valence-corrected chi connectivity index (χ4v) is 0.560. The monoisotopic (exact) mass is 248 g/mol. The summed E-state index contributed by atoms with van der Waals surface area (Å²) in [6, 6.07) is 9.44. The van der Waals surface area contributed by atoms with E-state index in [0.717, 1.165) is 10.4 Å². The molecule has 0 aromatic heterocycles. The van der Waals surface area contributed by atoms with Crippen molar-refractivity contribution in [2.24, 2.45) is 5.34 Å². The summed E-state index contributed by atoms with van der Waals surface area (Å²) >= 11 is 5.54. The van der Waals surface area contributed by atoms with Gasteiger partial charge < -0.3 is 10.1 Å². The minimum Gasteiger partial charge on any atom is -0.444 e. The third-order valence-electron chi connectivity index (χ3n) is 0.733. The van der Waals surface area contributed by atoms with Crippen LogP contribution in [0.2, 0.25) is 5.02 Å². The zero-order chi connectivity index (χ0) is 9.82. The molecule has 0 atom stereocenters. The molecule has 0 saturated carbocycles. The maximum atomic E-state index is 8.00. The van der Waals surface area contributed by atoms with Gasteiger partial charge in [0, 0.05) is 28.7 Å². The van der Waals surface area contributed by atoms with Gasteiger partial charge in [0.1, 0.15) is 0 Å². The quantitative estimate of drug-likeness (QED) is 0.403. The third kappa shape index (κ3) is 18.1. The van der Waals surface area contributed by atoms with Crippen molar-refractivity contribution in [2.75, 3.05) is 0 Å². The van der Waals surface area contributed by atoms with Gasteiger partial charge in [0.15, 0.2) is 0 Å². The van der Waals surface area contributed by atoms with Gasteiger partial charge in [-0.15, -0.1) is 5.34 Å². The predicted molar refractivity (Wildman–Crippen MR) is 47.3 cm³/mol. The molecule has 0 fully saturated rings. The van der Waals surface area contributed by atoms with Crippen LogP contribution in [0.1, 0.15) is 0 Å². The second kappa shape index (κ2) is 17.1. The summed E-state index contributed by atoms with van der Waals surface area (Å²) in [5.74, 6) is 0. The maximum absolute atomic E-state index is 8.00. The minimum atomic E-state index is 0. The van der Waals surface area contributed by atoms with Crippen molar-refractivity contribution in [1.82, 2.24) is 0 Å².